The topological polar surface area (TPSA) is 93.9 Å². The lowest BCUT2D eigenvalue weighted by Crippen LogP contribution is -2.25. The predicted octanol–water partition coefficient (Wildman–Crippen LogP) is 3.29. The van der Waals surface area contributed by atoms with E-state index in [1.165, 1.54) is 11.1 Å². The molecule has 0 aliphatic heterocycles. The molecule has 0 fully saturated rings. The van der Waals surface area contributed by atoms with Gasteiger partial charge in [0.25, 0.3) is 5.91 Å². The second-order valence-electron chi connectivity index (χ2n) is 6.67. The van der Waals surface area contributed by atoms with Gasteiger partial charge in [0.1, 0.15) is 5.69 Å². The van der Waals surface area contributed by atoms with Crippen LogP contribution in [-0.2, 0) is 23.2 Å². The van der Waals surface area contributed by atoms with Gasteiger partial charge in [-0.05, 0) is 41.1 Å². The lowest BCUT2D eigenvalue weighted by molar-refractivity contribution is -0.191. The Morgan fingerprint density at radius 3 is 2.57 bits per heavy atom. The molecule has 150 valence electrons. The van der Waals surface area contributed by atoms with E-state index < -0.39 is 0 Å². The number of benzene rings is 2. The number of pyridine rings is 1. The standard InChI is InChI=1S/C22H20N4O.CO2/c1-15-4-3-5-16(12-15)18-7-6-17(20-14-23-10-8-19(18)20)13-24-22(27)21-9-11-25-26(21)2;2-1-3/h3-12,14H,13H2,1-2H3,(H,24,27);. The van der Waals surface area contributed by atoms with Crippen molar-refractivity contribution in [1.29, 1.82) is 0 Å². The van der Waals surface area contributed by atoms with E-state index in [4.69, 9.17) is 9.59 Å². The fourth-order valence-electron chi connectivity index (χ4n) is 3.33. The molecule has 2 heterocycles. The van der Waals surface area contributed by atoms with Crippen LogP contribution in [0.1, 0.15) is 21.6 Å². The van der Waals surface area contributed by atoms with Gasteiger partial charge in [0.2, 0.25) is 0 Å². The molecule has 0 spiro atoms. The maximum atomic E-state index is 12.4. The first-order chi connectivity index (χ1) is 14.5. The Bertz CT molecular complexity index is 1220. The van der Waals surface area contributed by atoms with Gasteiger partial charge in [-0.3, -0.25) is 14.5 Å². The van der Waals surface area contributed by atoms with Crippen molar-refractivity contribution < 1.29 is 14.4 Å². The molecule has 1 N–H and O–H groups in total. The number of hydrogen-bond donors (Lipinski definition) is 1. The van der Waals surface area contributed by atoms with Crippen molar-refractivity contribution in [2.75, 3.05) is 0 Å². The summed E-state index contributed by atoms with van der Waals surface area (Å²) in [6.07, 6.45) is 5.53. The summed E-state index contributed by atoms with van der Waals surface area (Å²) in [6.45, 7) is 2.52. The van der Waals surface area contributed by atoms with Crippen LogP contribution in [0.15, 0.2) is 67.1 Å². The number of fused-ring (bicyclic) bond motifs is 1. The number of nitrogens with one attached hydrogen (secondary N) is 1. The zero-order valence-electron chi connectivity index (χ0n) is 16.6. The maximum absolute atomic E-state index is 12.4. The predicted molar refractivity (Wildman–Crippen MR) is 111 cm³/mol. The Kier molecular flexibility index (Phi) is 6.47. The molecule has 2 aromatic heterocycles. The zero-order valence-corrected chi connectivity index (χ0v) is 16.6. The number of hydrogen-bond acceptors (Lipinski definition) is 5. The molecule has 0 saturated heterocycles. The Morgan fingerprint density at radius 2 is 1.87 bits per heavy atom. The van der Waals surface area contributed by atoms with Crippen LogP contribution in [0.2, 0.25) is 0 Å². The summed E-state index contributed by atoms with van der Waals surface area (Å²) in [5.41, 5.74) is 5.13. The Morgan fingerprint density at radius 1 is 1.07 bits per heavy atom. The number of amides is 1. The fraction of sp³-hybridized carbons (Fsp3) is 0.130. The molecule has 0 aliphatic rings. The van der Waals surface area contributed by atoms with Crippen LogP contribution in [0, 0.1) is 6.92 Å². The van der Waals surface area contributed by atoms with Crippen LogP contribution in [-0.4, -0.2) is 26.8 Å². The number of nitrogens with zero attached hydrogens (tertiary/aromatic N) is 3. The molecule has 30 heavy (non-hydrogen) atoms. The van der Waals surface area contributed by atoms with Crippen molar-refractivity contribution >= 4 is 22.8 Å². The largest absolute Gasteiger partial charge is 0.373 e. The lowest BCUT2D eigenvalue weighted by Gasteiger charge is -2.12. The van der Waals surface area contributed by atoms with Gasteiger partial charge < -0.3 is 5.32 Å². The Balaban J connectivity index is 0.000000806. The zero-order chi connectivity index (χ0) is 21.5. The fourth-order valence-corrected chi connectivity index (χ4v) is 3.33. The van der Waals surface area contributed by atoms with Crippen LogP contribution in [0.25, 0.3) is 21.9 Å². The maximum Gasteiger partial charge on any atom is 0.373 e. The molecule has 7 heteroatoms. The van der Waals surface area contributed by atoms with E-state index >= 15 is 0 Å². The van der Waals surface area contributed by atoms with E-state index in [2.05, 4.69) is 58.7 Å². The monoisotopic (exact) mass is 400 g/mol. The molecule has 0 saturated carbocycles. The minimum atomic E-state index is -0.144. The van der Waals surface area contributed by atoms with Crippen molar-refractivity contribution in [1.82, 2.24) is 20.1 Å². The molecular formula is C23H20N4O3. The second-order valence-corrected chi connectivity index (χ2v) is 6.67. The molecule has 4 rings (SSSR count). The number of carbonyl (C=O) groups is 1. The summed E-state index contributed by atoms with van der Waals surface area (Å²) < 4.78 is 1.57. The van der Waals surface area contributed by atoms with Gasteiger partial charge >= 0.3 is 6.15 Å². The van der Waals surface area contributed by atoms with Gasteiger partial charge in [-0.2, -0.15) is 14.7 Å². The summed E-state index contributed by atoms with van der Waals surface area (Å²) in [4.78, 5) is 32.9. The molecule has 0 aliphatic carbocycles. The highest BCUT2D eigenvalue weighted by molar-refractivity contribution is 5.98. The molecule has 4 aromatic rings. The van der Waals surface area contributed by atoms with Gasteiger partial charge in [-0.1, -0.05) is 42.0 Å². The number of carbonyl (C=O) groups excluding carboxylic acids is 3. The Labute approximate surface area is 173 Å². The van der Waals surface area contributed by atoms with Crippen molar-refractivity contribution in [3.63, 3.8) is 0 Å². The summed E-state index contributed by atoms with van der Waals surface area (Å²) in [5, 5.41) is 9.19. The quantitative estimate of drug-likeness (QED) is 0.567. The highest BCUT2D eigenvalue weighted by Crippen LogP contribution is 2.30. The first kappa shape index (κ1) is 20.6. The molecule has 0 bridgehead atoms. The first-order valence-electron chi connectivity index (χ1n) is 9.23. The summed E-state index contributed by atoms with van der Waals surface area (Å²) >= 11 is 0. The molecule has 2 aromatic carbocycles. The minimum absolute atomic E-state index is 0.144. The smallest absolute Gasteiger partial charge is 0.347 e. The van der Waals surface area contributed by atoms with Crippen LogP contribution in [0.3, 0.4) is 0 Å². The number of aromatic nitrogens is 3. The SMILES string of the molecule is Cc1cccc(-c2ccc(CNC(=O)c3ccnn3C)c3cnccc23)c1.O=C=O. The van der Waals surface area contributed by atoms with Crippen LogP contribution in [0.4, 0.5) is 0 Å². The third-order valence-corrected chi connectivity index (χ3v) is 4.73. The van der Waals surface area contributed by atoms with E-state index in [-0.39, 0.29) is 12.1 Å². The van der Waals surface area contributed by atoms with E-state index in [1.54, 1.807) is 30.2 Å². The van der Waals surface area contributed by atoms with Gasteiger partial charge in [0.15, 0.2) is 0 Å². The lowest BCUT2D eigenvalue weighted by atomic mass is 9.95. The average Bonchev–Trinajstić information content (AvgIpc) is 3.18. The Hall–Kier alpha value is -4.09. The van der Waals surface area contributed by atoms with E-state index in [1.807, 2.05) is 12.3 Å². The normalized spacial score (nSPS) is 10.1. The molecule has 0 atom stereocenters. The van der Waals surface area contributed by atoms with Crippen LogP contribution < -0.4 is 5.32 Å². The van der Waals surface area contributed by atoms with Crippen LogP contribution in [0.5, 0.6) is 0 Å². The summed E-state index contributed by atoms with van der Waals surface area (Å²) in [6, 6.07) is 16.4. The van der Waals surface area contributed by atoms with Gasteiger partial charge in [0.05, 0.1) is 0 Å². The highest BCUT2D eigenvalue weighted by Gasteiger charge is 2.12. The molecule has 0 unspecified atom stereocenters. The third kappa shape index (κ3) is 4.48. The molecular weight excluding hydrogens is 380 g/mol. The van der Waals surface area contributed by atoms with E-state index in [0.29, 0.717) is 12.2 Å². The number of aryl methyl sites for hydroxylation is 2. The van der Waals surface area contributed by atoms with Crippen molar-refractivity contribution in [3.8, 4) is 11.1 Å². The van der Waals surface area contributed by atoms with Crippen molar-refractivity contribution in [3.05, 3.63) is 83.9 Å². The van der Waals surface area contributed by atoms with Crippen LogP contribution >= 0.6 is 0 Å². The van der Waals surface area contributed by atoms with Gasteiger partial charge in [-0.25, -0.2) is 0 Å². The highest BCUT2D eigenvalue weighted by atomic mass is 16.2. The molecule has 0 radical (unpaired) electrons. The summed E-state index contributed by atoms with van der Waals surface area (Å²) in [5.74, 6) is -0.144. The second kappa shape index (κ2) is 9.41. The number of rotatable bonds is 4. The van der Waals surface area contributed by atoms with E-state index in [0.717, 1.165) is 21.9 Å². The van der Waals surface area contributed by atoms with Crippen molar-refractivity contribution in [2.24, 2.45) is 7.05 Å². The first-order valence-corrected chi connectivity index (χ1v) is 9.23. The van der Waals surface area contributed by atoms with Crippen molar-refractivity contribution in [2.45, 2.75) is 13.5 Å². The third-order valence-electron chi connectivity index (χ3n) is 4.73. The van der Waals surface area contributed by atoms with Gasteiger partial charge in [-0.15, -0.1) is 0 Å². The average molecular weight is 400 g/mol. The summed E-state index contributed by atoms with van der Waals surface area (Å²) in [7, 11) is 1.75. The van der Waals surface area contributed by atoms with E-state index in [9.17, 15) is 4.79 Å². The minimum Gasteiger partial charge on any atom is -0.347 e. The molecule has 7 nitrogen and oxygen atoms in total. The van der Waals surface area contributed by atoms with Gasteiger partial charge in [0, 0.05) is 37.6 Å². The molecule has 1 amide bonds.